The minimum absolute atomic E-state index is 0.0508. The van der Waals surface area contributed by atoms with E-state index >= 15 is 0 Å². The number of carbonyl (C=O) groups excluding carboxylic acids is 2. The number of rotatable bonds is 9. The number of hydrogen-bond donors (Lipinski definition) is 1. The molecule has 4 aromatic rings. The van der Waals surface area contributed by atoms with Crippen LogP contribution < -0.4 is 4.90 Å². The van der Waals surface area contributed by atoms with Crippen LogP contribution in [0.15, 0.2) is 54.6 Å². The number of benzene rings is 2. The van der Waals surface area contributed by atoms with E-state index in [0.29, 0.717) is 30.6 Å². The molecule has 5 rings (SSSR count). The van der Waals surface area contributed by atoms with Crippen molar-refractivity contribution >= 4 is 49.8 Å². The molecule has 1 saturated heterocycles. The van der Waals surface area contributed by atoms with Crippen molar-refractivity contribution in [2.45, 2.75) is 65.5 Å². The summed E-state index contributed by atoms with van der Waals surface area (Å²) in [5.41, 5.74) is 5.80. The SMILES string of the molecule is CCN(c1cc(-c2cc3sc(C(=O)N(C)CCO)cc3s2)cc(Cc2ccccc2)c1C)C1CCN(C(=O)OC(C)(C)C)CC1. The number of fused-ring (bicyclic) bond motifs is 1. The van der Waals surface area contributed by atoms with Crippen molar-refractivity contribution in [2.75, 3.05) is 44.7 Å². The van der Waals surface area contributed by atoms with E-state index in [2.05, 4.69) is 67.3 Å². The molecule has 0 aliphatic carbocycles. The van der Waals surface area contributed by atoms with E-state index in [1.54, 1.807) is 23.3 Å². The van der Waals surface area contributed by atoms with Gasteiger partial charge in [0.2, 0.25) is 0 Å². The first-order chi connectivity index (χ1) is 21.5. The second-order valence-corrected chi connectivity index (χ2v) is 15.0. The van der Waals surface area contributed by atoms with Gasteiger partial charge in [-0.3, -0.25) is 4.79 Å². The van der Waals surface area contributed by atoms with Crippen molar-refractivity contribution in [3.63, 3.8) is 0 Å². The first-order valence-corrected chi connectivity index (χ1v) is 17.4. The van der Waals surface area contributed by atoms with Gasteiger partial charge in [-0.25, -0.2) is 4.79 Å². The number of likely N-dealkylation sites (tertiary alicyclic amines) is 1. The Balaban J connectivity index is 1.46. The summed E-state index contributed by atoms with van der Waals surface area (Å²) in [6.07, 6.45) is 2.40. The summed E-state index contributed by atoms with van der Waals surface area (Å²) in [6, 6.07) is 19.8. The molecule has 0 unspecified atom stereocenters. The topological polar surface area (TPSA) is 73.3 Å². The van der Waals surface area contributed by atoms with Crippen molar-refractivity contribution in [3.8, 4) is 10.4 Å². The summed E-state index contributed by atoms with van der Waals surface area (Å²) in [4.78, 5) is 33.4. The van der Waals surface area contributed by atoms with Gasteiger partial charge in [0.1, 0.15) is 5.60 Å². The average molecular weight is 648 g/mol. The van der Waals surface area contributed by atoms with Gasteiger partial charge in [0.15, 0.2) is 0 Å². The number of amides is 2. The summed E-state index contributed by atoms with van der Waals surface area (Å²) >= 11 is 3.23. The zero-order valence-electron chi connectivity index (χ0n) is 27.3. The fourth-order valence-corrected chi connectivity index (χ4v) is 8.41. The number of aliphatic hydroxyl groups excluding tert-OH is 1. The number of thiophene rings is 2. The molecule has 0 radical (unpaired) electrons. The predicted octanol–water partition coefficient (Wildman–Crippen LogP) is 7.82. The van der Waals surface area contributed by atoms with Crippen molar-refractivity contribution in [2.24, 2.45) is 0 Å². The van der Waals surface area contributed by atoms with Gasteiger partial charge >= 0.3 is 6.09 Å². The van der Waals surface area contributed by atoms with Gasteiger partial charge < -0.3 is 24.5 Å². The highest BCUT2D eigenvalue weighted by Crippen LogP contribution is 2.42. The van der Waals surface area contributed by atoms with Crippen molar-refractivity contribution in [1.29, 1.82) is 0 Å². The molecule has 0 spiro atoms. The molecule has 0 bridgehead atoms. The Morgan fingerprint density at radius 2 is 1.71 bits per heavy atom. The maximum Gasteiger partial charge on any atom is 0.410 e. The van der Waals surface area contributed by atoms with E-state index in [4.69, 9.17) is 4.74 Å². The number of likely N-dealkylation sites (N-methyl/N-ethyl adjacent to an activating group) is 1. The molecule has 240 valence electrons. The second-order valence-electron chi connectivity index (χ2n) is 12.8. The number of carbonyl (C=O) groups is 2. The highest BCUT2D eigenvalue weighted by atomic mass is 32.1. The van der Waals surface area contributed by atoms with E-state index < -0.39 is 5.60 Å². The maximum atomic E-state index is 12.8. The van der Waals surface area contributed by atoms with Crippen LogP contribution in [0, 0.1) is 6.92 Å². The molecule has 2 aromatic carbocycles. The fraction of sp³-hybridized carbons (Fsp3) is 0.444. The standard InChI is InChI=1S/C36H45N3O4S2/c1-7-39(28-13-15-38(16-14-28)35(42)43-36(3,4)5)29-21-27(20-26(24(29)2)19-25-11-9-8-10-12-25)30-22-31-32(44-30)23-33(45-31)34(41)37(6)17-18-40/h8-12,20-23,28,40H,7,13-19H2,1-6H3. The van der Waals surface area contributed by atoms with Crippen LogP contribution in [0.1, 0.15) is 66.9 Å². The third-order valence-corrected chi connectivity index (χ3v) is 10.7. The molecular formula is C36H45N3O4S2. The van der Waals surface area contributed by atoms with Gasteiger partial charge in [0.05, 0.1) is 11.5 Å². The van der Waals surface area contributed by atoms with E-state index in [0.717, 1.165) is 35.2 Å². The third kappa shape index (κ3) is 7.71. The maximum absolute atomic E-state index is 12.8. The largest absolute Gasteiger partial charge is 0.444 e. The normalized spacial score (nSPS) is 14.2. The summed E-state index contributed by atoms with van der Waals surface area (Å²) in [6.45, 7) is 12.7. The highest BCUT2D eigenvalue weighted by Gasteiger charge is 2.30. The van der Waals surface area contributed by atoms with Gasteiger partial charge in [-0.2, -0.15) is 0 Å². The molecule has 3 heterocycles. The molecule has 45 heavy (non-hydrogen) atoms. The Labute approximate surface area is 275 Å². The molecule has 1 N–H and O–H groups in total. The Hall–Kier alpha value is -3.40. The van der Waals surface area contributed by atoms with Crippen LogP contribution in [0.4, 0.5) is 10.5 Å². The number of anilines is 1. The number of nitrogens with zero attached hydrogens (tertiary/aromatic N) is 3. The minimum Gasteiger partial charge on any atom is -0.444 e. The van der Waals surface area contributed by atoms with Crippen LogP contribution in [-0.4, -0.2) is 78.4 Å². The Morgan fingerprint density at radius 3 is 2.33 bits per heavy atom. The van der Waals surface area contributed by atoms with Gasteiger partial charge in [0, 0.05) is 59.2 Å². The smallest absolute Gasteiger partial charge is 0.410 e. The lowest BCUT2D eigenvalue weighted by atomic mass is 9.94. The zero-order chi connectivity index (χ0) is 32.3. The van der Waals surface area contributed by atoms with Crippen LogP contribution in [0.3, 0.4) is 0 Å². The third-order valence-electron chi connectivity index (χ3n) is 8.42. The molecule has 1 fully saturated rings. The number of hydrogen-bond acceptors (Lipinski definition) is 7. The number of ether oxygens (including phenoxy) is 1. The van der Waals surface area contributed by atoms with Crippen LogP contribution in [0.25, 0.3) is 19.8 Å². The predicted molar refractivity (Wildman–Crippen MR) is 187 cm³/mol. The molecule has 2 aromatic heterocycles. The molecule has 1 aliphatic rings. The van der Waals surface area contributed by atoms with Crippen LogP contribution in [0.2, 0.25) is 0 Å². The van der Waals surface area contributed by atoms with Crippen molar-refractivity contribution in [1.82, 2.24) is 9.80 Å². The molecule has 0 atom stereocenters. The fourth-order valence-electron chi connectivity index (χ4n) is 6.03. The summed E-state index contributed by atoms with van der Waals surface area (Å²) in [5, 5.41) is 9.25. The first kappa shape index (κ1) is 33.0. The quantitative estimate of drug-likeness (QED) is 0.201. The van der Waals surface area contributed by atoms with Crippen molar-refractivity contribution < 1.29 is 19.4 Å². The lowest BCUT2D eigenvalue weighted by Crippen LogP contribution is -2.48. The summed E-state index contributed by atoms with van der Waals surface area (Å²) < 4.78 is 7.85. The van der Waals surface area contributed by atoms with E-state index in [1.165, 1.54) is 44.2 Å². The van der Waals surface area contributed by atoms with Gasteiger partial charge in [-0.1, -0.05) is 30.3 Å². The van der Waals surface area contributed by atoms with E-state index in [9.17, 15) is 14.7 Å². The molecule has 0 saturated carbocycles. The Bertz CT molecular complexity index is 1600. The number of aliphatic hydroxyl groups is 1. The van der Waals surface area contributed by atoms with Crippen LogP contribution in [-0.2, 0) is 11.2 Å². The second kappa shape index (κ2) is 13.9. The molecular weight excluding hydrogens is 603 g/mol. The summed E-state index contributed by atoms with van der Waals surface area (Å²) in [7, 11) is 1.72. The van der Waals surface area contributed by atoms with Gasteiger partial charge in [-0.05, 0) is 100 Å². The van der Waals surface area contributed by atoms with Gasteiger partial charge in [0.25, 0.3) is 5.91 Å². The lowest BCUT2D eigenvalue weighted by molar-refractivity contribution is 0.0204. The van der Waals surface area contributed by atoms with Gasteiger partial charge in [-0.15, -0.1) is 22.7 Å². The zero-order valence-corrected chi connectivity index (χ0v) is 28.9. The summed E-state index contributed by atoms with van der Waals surface area (Å²) in [5.74, 6) is -0.0573. The van der Waals surface area contributed by atoms with Crippen LogP contribution in [0.5, 0.6) is 0 Å². The molecule has 7 nitrogen and oxygen atoms in total. The first-order valence-electron chi connectivity index (χ1n) is 15.8. The lowest BCUT2D eigenvalue weighted by Gasteiger charge is -2.40. The monoisotopic (exact) mass is 647 g/mol. The number of piperidine rings is 1. The Kier molecular flexibility index (Phi) is 10.2. The Morgan fingerprint density at radius 1 is 1.02 bits per heavy atom. The molecule has 9 heteroatoms. The highest BCUT2D eigenvalue weighted by molar-refractivity contribution is 7.30. The van der Waals surface area contributed by atoms with Crippen molar-refractivity contribution in [3.05, 3.63) is 76.2 Å². The van der Waals surface area contributed by atoms with E-state index in [-0.39, 0.29) is 18.6 Å². The average Bonchev–Trinajstić information content (AvgIpc) is 3.59. The minimum atomic E-state index is -0.500. The molecule has 2 amide bonds. The van der Waals surface area contributed by atoms with E-state index in [1.807, 2.05) is 31.7 Å². The molecule has 1 aliphatic heterocycles. The van der Waals surface area contributed by atoms with Crippen LogP contribution >= 0.6 is 22.7 Å².